The molecule has 3 aliphatic rings. The average molecular weight is 282 g/mol. The Morgan fingerprint density at radius 2 is 2.05 bits per heavy atom. The molecule has 4 nitrogen and oxygen atoms in total. The van der Waals surface area contributed by atoms with Gasteiger partial charge in [-0.05, 0) is 64.0 Å². The van der Waals surface area contributed by atoms with Gasteiger partial charge in [0.25, 0.3) is 0 Å². The monoisotopic (exact) mass is 282 g/mol. The zero-order chi connectivity index (χ0) is 13.6. The summed E-state index contributed by atoms with van der Waals surface area (Å²) in [6, 6.07) is 0.841. The van der Waals surface area contributed by atoms with Crippen molar-refractivity contribution in [1.29, 1.82) is 0 Å². The zero-order valence-electron chi connectivity index (χ0n) is 12.7. The number of nitrogens with one attached hydrogen (secondary N) is 1. The second kappa shape index (κ2) is 7.74. The van der Waals surface area contributed by atoms with Crippen LogP contribution in [0.25, 0.3) is 0 Å². The average Bonchev–Trinajstić information content (AvgIpc) is 3.33. The van der Waals surface area contributed by atoms with E-state index in [0.717, 1.165) is 38.1 Å². The number of hydrogen-bond acceptors (Lipinski definition) is 4. The molecular weight excluding hydrogens is 252 g/mol. The Morgan fingerprint density at radius 3 is 2.75 bits per heavy atom. The summed E-state index contributed by atoms with van der Waals surface area (Å²) in [5.74, 6) is 0.843. The van der Waals surface area contributed by atoms with Gasteiger partial charge in [-0.15, -0.1) is 0 Å². The third-order valence-corrected chi connectivity index (χ3v) is 4.78. The van der Waals surface area contributed by atoms with Gasteiger partial charge in [0, 0.05) is 25.7 Å². The molecule has 116 valence electrons. The topological polar surface area (TPSA) is 33.7 Å². The molecule has 1 saturated carbocycles. The molecule has 3 fully saturated rings. The molecule has 2 saturated heterocycles. The van der Waals surface area contributed by atoms with Gasteiger partial charge in [-0.3, -0.25) is 4.90 Å². The summed E-state index contributed by atoms with van der Waals surface area (Å²) in [6.45, 7) is 6.47. The second-order valence-corrected chi connectivity index (χ2v) is 6.61. The summed E-state index contributed by atoms with van der Waals surface area (Å²) in [5, 5.41) is 3.53. The van der Waals surface area contributed by atoms with Gasteiger partial charge < -0.3 is 14.8 Å². The molecule has 3 rings (SSSR count). The van der Waals surface area contributed by atoms with E-state index >= 15 is 0 Å². The Balaban J connectivity index is 1.36. The Morgan fingerprint density at radius 1 is 1.10 bits per heavy atom. The van der Waals surface area contributed by atoms with E-state index in [2.05, 4.69) is 10.2 Å². The van der Waals surface area contributed by atoms with Crippen molar-refractivity contribution in [3.8, 4) is 0 Å². The number of ether oxygens (including phenoxy) is 2. The van der Waals surface area contributed by atoms with E-state index in [1.165, 1.54) is 58.2 Å². The third-order valence-electron chi connectivity index (χ3n) is 4.78. The molecule has 4 heteroatoms. The summed E-state index contributed by atoms with van der Waals surface area (Å²) >= 11 is 0. The largest absolute Gasteiger partial charge is 0.353 e. The van der Waals surface area contributed by atoms with Gasteiger partial charge in [-0.25, -0.2) is 0 Å². The minimum atomic E-state index is 0.0705. The SMILES string of the molecule is C1CCC(OCCN(CC2CCCNC2)C2CC2)OC1. The number of hydrogen-bond donors (Lipinski definition) is 1. The molecule has 1 N–H and O–H groups in total. The molecule has 2 atom stereocenters. The summed E-state index contributed by atoms with van der Waals surface area (Å²) in [4.78, 5) is 2.67. The molecule has 0 bridgehead atoms. The molecule has 0 spiro atoms. The lowest BCUT2D eigenvalue weighted by molar-refractivity contribution is -0.164. The maximum absolute atomic E-state index is 5.90. The summed E-state index contributed by atoms with van der Waals surface area (Å²) in [6.07, 6.45) is 9.11. The molecule has 0 aromatic heterocycles. The predicted molar refractivity (Wildman–Crippen MR) is 79.7 cm³/mol. The Kier molecular flexibility index (Phi) is 5.71. The van der Waals surface area contributed by atoms with E-state index < -0.39 is 0 Å². The van der Waals surface area contributed by atoms with Crippen LogP contribution in [0.3, 0.4) is 0 Å². The molecule has 0 aromatic carbocycles. The Bertz CT molecular complexity index is 272. The molecule has 0 amide bonds. The van der Waals surface area contributed by atoms with Crippen LogP contribution in [0.4, 0.5) is 0 Å². The highest BCUT2D eigenvalue weighted by Gasteiger charge is 2.30. The normalized spacial score (nSPS) is 31.6. The maximum atomic E-state index is 5.90. The van der Waals surface area contributed by atoms with Crippen LogP contribution >= 0.6 is 0 Å². The molecule has 2 aliphatic heterocycles. The predicted octanol–water partition coefficient (Wildman–Crippen LogP) is 1.99. The van der Waals surface area contributed by atoms with Crippen LogP contribution in [0.5, 0.6) is 0 Å². The van der Waals surface area contributed by atoms with Crippen LogP contribution in [0.15, 0.2) is 0 Å². The van der Waals surface area contributed by atoms with Crippen LogP contribution < -0.4 is 5.32 Å². The van der Waals surface area contributed by atoms with E-state index in [9.17, 15) is 0 Å². The summed E-state index contributed by atoms with van der Waals surface area (Å²) < 4.78 is 11.5. The van der Waals surface area contributed by atoms with E-state index in [1.54, 1.807) is 0 Å². The summed E-state index contributed by atoms with van der Waals surface area (Å²) in [7, 11) is 0. The molecule has 2 heterocycles. The van der Waals surface area contributed by atoms with Gasteiger partial charge in [-0.2, -0.15) is 0 Å². The minimum Gasteiger partial charge on any atom is -0.353 e. The molecule has 20 heavy (non-hydrogen) atoms. The van der Waals surface area contributed by atoms with Crippen molar-refractivity contribution < 1.29 is 9.47 Å². The highest BCUT2D eigenvalue weighted by molar-refractivity contribution is 4.86. The van der Waals surface area contributed by atoms with Crippen LogP contribution in [-0.2, 0) is 9.47 Å². The van der Waals surface area contributed by atoms with E-state index in [0.29, 0.717) is 0 Å². The van der Waals surface area contributed by atoms with E-state index in [4.69, 9.17) is 9.47 Å². The van der Waals surface area contributed by atoms with E-state index in [1.807, 2.05) is 0 Å². The van der Waals surface area contributed by atoms with E-state index in [-0.39, 0.29) is 6.29 Å². The van der Waals surface area contributed by atoms with Gasteiger partial charge in [0.15, 0.2) is 6.29 Å². The standard InChI is InChI=1S/C16H30N2O2/c1-2-10-19-16(5-1)20-11-9-18(15-6-7-15)13-14-4-3-8-17-12-14/h14-17H,1-13H2. The van der Waals surface area contributed by atoms with Crippen molar-refractivity contribution in [2.45, 2.75) is 57.3 Å². The number of rotatable bonds is 7. The lowest BCUT2D eigenvalue weighted by Gasteiger charge is -2.31. The van der Waals surface area contributed by atoms with Crippen LogP contribution in [0.2, 0.25) is 0 Å². The van der Waals surface area contributed by atoms with Gasteiger partial charge in [0.1, 0.15) is 0 Å². The van der Waals surface area contributed by atoms with Crippen LogP contribution in [0.1, 0.15) is 44.9 Å². The highest BCUT2D eigenvalue weighted by Crippen LogP contribution is 2.28. The maximum Gasteiger partial charge on any atom is 0.157 e. The first-order chi connectivity index (χ1) is 9.92. The zero-order valence-corrected chi connectivity index (χ0v) is 12.7. The van der Waals surface area contributed by atoms with Crippen molar-refractivity contribution in [1.82, 2.24) is 10.2 Å². The molecule has 2 unspecified atom stereocenters. The molecule has 0 radical (unpaired) electrons. The lowest BCUT2D eigenvalue weighted by Crippen LogP contribution is -2.41. The third kappa shape index (κ3) is 4.69. The van der Waals surface area contributed by atoms with Crippen LogP contribution in [-0.4, -0.2) is 56.6 Å². The van der Waals surface area contributed by atoms with Crippen molar-refractivity contribution in [3.63, 3.8) is 0 Å². The first-order valence-electron chi connectivity index (χ1n) is 8.60. The minimum absolute atomic E-state index is 0.0705. The smallest absolute Gasteiger partial charge is 0.157 e. The van der Waals surface area contributed by atoms with Gasteiger partial charge in [0.2, 0.25) is 0 Å². The second-order valence-electron chi connectivity index (χ2n) is 6.61. The first-order valence-corrected chi connectivity index (χ1v) is 8.60. The summed E-state index contributed by atoms with van der Waals surface area (Å²) in [5.41, 5.74) is 0. The fraction of sp³-hybridized carbons (Fsp3) is 1.00. The molecule has 0 aromatic rings. The fourth-order valence-electron chi connectivity index (χ4n) is 3.42. The quantitative estimate of drug-likeness (QED) is 0.774. The van der Waals surface area contributed by atoms with Crippen molar-refractivity contribution in [2.24, 2.45) is 5.92 Å². The van der Waals surface area contributed by atoms with Crippen LogP contribution in [0, 0.1) is 5.92 Å². The number of nitrogens with zero attached hydrogens (tertiary/aromatic N) is 1. The van der Waals surface area contributed by atoms with Crippen molar-refractivity contribution in [2.75, 3.05) is 39.4 Å². The highest BCUT2D eigenvalue weighted by atomic mass is 16.7. The Hall–Kier alpha value is -0.160. The molecular formula is C16H30N2O2. The van der Waals surface area contributed by atoms with Crippen molar-refractivity contribution in [3.05, 3.63) is 0 Å². The van der Waals surface area contributed by atoms with Crippen molar-refractivity contribution >= 4 is 0 Å². The van der Waals surface area contributed by atoms with Gasteiger partial charge in [-0.1, -0.05) is 0 Å². The van der Waals surface area contributed by atoms with Gasteiger partial charge >= 0.3 is 0 Å². The van der Waals surface area contributed by atoms with Gasteiger partial charge in [0.05, 0.1) is 6.61 Å². The first kappa shape index (κ1) is 14.8. The Labute approximate surface area is 123 Å². The fourth-order valence-corrected chi connectivity index (χ4v) is 3.42. The lowest BCUT2D eigenvalue weighted by atomic mass is 9.99. The number of piperidine rings is 1. The molecule has 1 aliphatic carbocycles.